The van der Waals surface area contributed by atoms with Crippen LogP contribution in [0.1, 0.15) is 64.7 Å². The van der Waals surface area contributed by atoms with Crippen molar-refractivity contribution in [1.29, 1.82) is 0 Å². The van der Waals surface area contributed by atoms with Crippen molar-refractivity contribution in [2.24, 2.45) is 0 Å². The van der Waals surface area contributed by atoms with Crippen LogP contribution >= 0.6 is 0 Å². The van der Waals surface area contributed by atoms with Crippen LogP contribution in [0.3, 0.4) is 0 Å². The lowest BCUT2D eigenvalue weighted by molar-refractivity contribution is -0.122. The number of rotatable bonds is 6. The lowest BCUT2D eigenvalue weighted by Gasteiger charge is -2.06. The lowest BCUT2D eigenvalue weighted by atomic mass is 10.0. The van der Waals surface area contributed by atoms with E-state index in [-0.39, 0.29) is 6.47 Å². The molecule has 0 saturated heterocycles. The van der Waals surface area contributed by atoms with E-state index in [1.807, 2.05) is 0 Å². The van der Waals surface area contributed by atoms with Crippen molar-refractivity contribution in [3.63, 3.8) is 0 Å². The van der Waals surface area contributed by atoms with E-state index in [1.54, 1.807) is 0 Å². The van der Waals surface area contributed by atoms with E-state index in [1.165, 1.54) is 16.7 Å². The smallest absolute Gasteiger partial charge is 0.290 e. The van der Waals surface area contributed by atoms with Crippen LogP contribution in [-0.2, 0) is 4.79 Å². The third-order valence-corrected chi connectivity index (χ3v) is 3.97. The van der Waals surface area contributed by atoms with Crippen molar-refractivity contribution in [2.75, 3.05) is 0 Å². The molecule has 0 aliphatic rings. The van der Waals surface area contributed by atoms with Gasteiger partial charge in [-0.15, -0.1) is 0 Å². The van der Waals surface area contributed by atoms with Gasteiger partial charge in [-0.05, 0) is 55.9 Å². The Labute approximate surface area is 157 Å². The van der Waals surface area contributed by atoms with Crippen LogP contribution in [0.4, 0.5) is 0 Å². The van der Waals surface area contributed by atoms with Gasteiger partial charge in [-0.25, -0.2) is 0 Å². The van der Waals surface area contributed by atoms with Gasteiger partial charge in [0.05, 0.1) is 0 Å². The molecule has 3 heteroatoms. The van der Waals surface area contributed by atoms with Crippen molar-refractivity contribution >= 4 is 12.0 Å². The Morgan fingerprint density at radius 1 is 1.08 bits per heavy atom. The standard InChI is InChI=1S/C22H28O.CH2O2/c1-6-7-19(9-8-16(2)3)21-14-15-22(23-21)20-12-10-18(11-13-20)17(4)5;2-1-3/h7-8,10-15,17H,6,9H2,1-5H3;1H,(H,2,3)/b19-7+;. The van der Waals surface area contributed by atoms with Gasteiger partial charge in [-0.2, -0.15) is 0 Å². The normalized spacial score (nSPS) is 10.9. The maximum absolute atomic E-state index is 8.36. The van der Waals surface area contributed by atoms with Crippen LogP contribution < -0.4 is 0 Å². The van der Waals surface area contributed by atoms with Gasteiger partial charge < -0.3 is 9.52 Å². The molecule has 0 unspecified atom stereocenters. The molecule has 1 N–H and O–H groups in total. The Hall–Kier alpha value is -2.55. The molecule has 1 aromatic heterocycles. The van der Waals surface area contributed by atoms with Gasteiger partial charge in [0.15, 0.2) is 0 Å². The first kappa shape index (κ1) is 21.5. The highest BCUT2D eigenvalue weighted by Gasteiger charge is 2.09. The predicted molar refractivity (Wildman–Crippen MR) is 109 cm³/mol. The summed E-state index contributed by atoms with van der Waals surface area (Å²) in [5.41, 5.74) is 5.09. The average molecular weight is 354 g/mol. The third-order valence-electron chi connectivity index (χ3n) is 3.97. The van der Waals surface area contributed by atoms with Gasteiger partial charge in [0.25, 0.3) is 6.47 Å². The van der Waals surface area contributed by atoms with Gasteiger partial charge in [0.1, 0.15) is 11.5 Å². The Balaban J connectivity index is 0.00000105. The number of hydrogen-bond acceptors (Lipinski definition) is 2. The highest BCUT2D eigenvalue weighted by atomic mass is 16.3. The molecular weight excluding hydrogens is 324 g/mol. The van der Waals surface area contributed by atoms with Gasteiger partial charge in [-0.3, -0.25) is 4.79 Å². The molecule has 2 rings (SSSR count). The molecule has 0 amide bonds. The van der Waals surface area contributed by atoms with E-state index in [4.69, 9.17) is 14.3 Å². The fourth-order valence-corrected chi connectivity index (χ4v) is 2.54. The number of carboxylic acid groups (broad SMARTS) is 1. The lowest BCUT2D eigenvalue weighted by Crippen LogP contribution is -1.86. The summed E-state index contributed by atoms with van der Waals surface area (Å²) < 4.78 is 6.12. The molecule has 0 aliphatic carbocycles. The molecule has 0 aliphatic heterocycles. The second kappa shape index (κ2) is 11.1. The van der Waals surface area contributed by atoms with Crippen molar-refractivity contribution in [1.82, 2.24) is 0 Å². The second-order valence-electron chi connectivity index (χ2n) is 6.67. The third kappa shape index (κ3) is 6.75. The summed E-state index contributed by atoms with van der Waals surface area (Å²) in [6.07, 6.45) is 6.45. The van der Waals surface area contributed by atoms with Gasteiger partial charge in [-0.1, -0.05) is 62.8 Å². The zero-order valence-electron chi connectivity index (χ0n) is 16.5. The van der Waals surface area contributed by atoms with Crippen molar-refractivity contribution in [3.8, 4) is 11.3 Å². The molecule has 26 heavy (non-hydrogen) atoms. The molecule has 0 radical (unpaired) electrons. The molecule has 1 heterocycles. The first-order valence-electron chi connectivity index (χ1n) is 9.03. The summed E-state index contributed by atoms with van der Waals surface area (Å²) in [5.74, 6) is 2.47. The van der Waals surface area contributed by atoms with Crippen LogP contribution in [0.25, 0.3) is 16.9 Å². The van der Waals surface area contributed by atoms with Crippen molar-refractivity contribution in [3.05, 3.63) is 65.4 Å². The van der Waals surface area contributed by atoms with Crippen LogP contribution in [0, 0.1) is 0 Å². The summed E-state index contributed by atoms with van der Waals surface area (Å²) >= 11 is 0. The summed E-state index contributed by atoms with van der Waals surface area (Å²) in [6.45, 7) is 10.6. The molecular formula is C23H30O3. The zero-order chi connectivity index (χ0) is 19.5. The first-order valence-corrected chi connectivity index (χ1v) is 9.03. The molecule has 1 aromatic carbocycles. The second-order valence-corrected chi connectivity index (χ2v) is 6.67. The summed E-state index contributed by atoms with van der Waals surface area (Å²) in [6, 6.07) is 12.8. The summed E-state index contributed by atoms with van der Waals surface area (Å²) in [5, 5.41) is 6.89. The minimum atomic E-state index is -0.250. The Kier molecular flexibility index (Phi) is 9.21. The van der Waals surface area contributed by atoms with E-state index < -0.39 is 0 Å². The van der Waals surface area contributed by atoms with Gasteiger partial charge >= 0.3 is 0 Å². The van der Waals surface area contributed by atoms with Gasteiger partial charge in [0.2, 0.25) is 0 Å². The molecule has 0 spiro atoms. The van der Waals surface area contributed by atoms with Crippen molar-refractivity contribution < 1.29 is 14.3 Å². The topological polar surface area (TPSA) is 50.4 Å². The SMILES string of the molecule is CC/C=C(\CC=C(C)C)c1ccc(-c2ccc(C(C)C)cc2)o1.O=CO. The van der Waals surface area contributed by atoms with Crippen LogP contribution in [-0.4, -0.2) is 11.6 Å². The number of furan rings is 1. The summed E-state index contributed by atoms with van der Waals surface area (Å²) in [7, 11) is 0. The predicted octanol–water partition coefficient (Wildman–Crippen LogP) is 6.92. The molecule has 140 valence electrons. The Bertz CT molecular complexity index is 727. The highest BCUT2D eigenvalue weighted by Crippen LogP contribution is 2.29. The molecule has 3 nitrogen and oxygen atoms in total. The quantitative estimate of drug-likeness (QED) is 0.452. The van der Waals surface area contributed by atoms with Crippen LogP contribution in [0.2, 0.25) is 0 Å². The Morgan fingerprint density at radius 3 is 2.19 bits per heavy atom. The maximum Gasteiger partial charge on any atom is 0.290 e. The minimum Gasteiger partial charge on any atom is -0.483 e. The monoisotopic (exact) mass is 354 g/mol. The highest BCUT2D eigenvalue weighted by molar-refractivity contribution is 5.67. The van der Waals surface area contributed by atoms with E-state index in [0.29, 0.717) is 5.92 Å². The van der Waals surface area contributed by atoms with Crippen LogP contribution in [0.15, 0.2) is 58.5 Å². The fraction of sp³-hybridized carbons (Fsp3) is 0.348. The molecule has 0 saturated carbocycles. The van der Waals surface area contributed by atoms with E-state index in [9.17, 15) is 0 Å². The minimum absolute atomic E-state index is 0.250. The first-order chi connectivity index (χ1) is 12.4. The number of carbonyl (C=O) groups is 1. The number of benzene rings is 1. The zero-order valence-corrected chi connectivity index (χ0v) is 16.5. The number of hydrogen-bond donors (Lipinski definition) is 1. The average Bonchev–Trinajstić information content (AvgIpc) is 3.09. The number of allylic oxidation sites excluding steroid dienone is 4. The van der Waals surface area contributed by atoms with Gasteiger partial charge in [0, 0.05) is 5.56 Å². The molecule has 2 aromatic rings. The van der Waals surface area contributed by atoms with E-state index in [0.717, 1.165) is 29.9 Å². The largest absolute Gasteiger partial charge is 0.483 e. The van der Waals surface area contributed by atoms with E-state index in [2.05, 4.69) is 83.2 Å². The van der Waals surface area contributed by atoms with Crippen molar-refractivity contribution in [2.45, 2.75) is 53.4 Å². The van der Waals surface area contributed by atoms with Crippen LogP contribution in [0.5, 0.6) is 0 Å². The van der Waals surface area contributed by atoms with E-state index >= 15 is 0 Å². The Morgan fingerprint density at radius 2 is 1.69 bits per heavy atom. The fourth-order valence-electron chi connectivity index (χ4n) is 2.54. The molecule has 0 fully saturated rings. The molecule has 0 bridgehead atoms. The maximum atomic E-state index is 8.36. The summed E-state index contributed by atoms with van der Waals surface area (Å²) in [4.78, 5) is 8.36. The molecule has 0 atom stereocenters.